The molecule has 4 heterocycles. The van der Waals surface area contributed by atoms with Crippen LogP contribution in [0.2, 0.25) is 0 Å². The predicted octanol–water partition coefficient (Wildman–Crippen LogP) is 12.9. The summed E-state index contributed by atoms with van der Waals surface area (Å²) in [6.45, 7) is 0. The van der Waals surface area contributed by atoms with E-state index in [-0.39, 0.29) is 0 Å². The third kappa shape index (κ3) is 5.09. The van der Waals surface area contributed by atoms with E-state index in [9.17, 15) is 0 Å². The lowest BCUT2D eigenvalue weighted by Crippen LogP contribution is -2.07. The molecule has 0 spiro atoms. The zero-order chi connectivity index (χ0) is 38.2. The van der Waals surface area contributed by atoms with E-state index in [0.717, 1.165) is 77.5 Å². The van der Waals surface area contributed by atoms with Gasteiger partial charge in [-0.25, -0.2) is 15.0 Å². The fourth-order valence-corrected chi connectivity index (χ4v) is 8.80. The first kappa shape index (κ1) is 32.4. The number of rotatable bonds is 6. The van der Waals surface area contributed by atoms with E-state index in [0.29, 0.717) is 23.9 Å². The Kier molecular flexibility index (Phi) is 7.19. The summed E-state index contributed by atoms with van der Waals surface area (Å²) in [5.41, 5.74) is 11.4. The van der Waals surface area contributed by atoms with Gasteiger partial charge in [0.15, 0.2) is 11.6 Å². The Hall–Kier alpha value is -7.83. The molecule has 58 heavy (non-hydrogen) atoms. The first-order valence-corrected chi connectivity index (χ1v) is 19.6. The molecule has 6 nitrogen and oxygen atoms in total. The third-order valence-electron chi connectivity index (χ3n) is 11.4. The number of fused-ring (bicyclic) bond motifs is 9. The zero-order valence-corrected chi connectivity index (χ0v) is 31.2. The molecule has 272 valence electrons. The summed E-state index contributed by atoms with van der Waals surface area (Å²) in [7, 11) is 0. The van der Waals surface area contributed by atoms with E-state index in [1.807, 2.05) is 48.5 Å². The van der Waals surface area contributed by atoms with Crippen molar-refractivity contribution in [3.05, 3.63) is 199 Å². The highest BCUT2D eigenvalue weighted by molar-refractivity contribution is 6.17. The first-order chi connectivity index (χ1) is 28.7. The molecule has 0 unspecified atom stereocenters. The van der Waals surface area contributed by atoms with Crippen molar-refractivity contribution in [2.45, 2.75) is 6.42 Å². The van der Waals surface area contributed by atoms with Gasteiger partial charge >= 0.3 is 0 Å². The summed E-state index contributed by atoms with van der Waals surface area (Å²) >= 11 is 0. The summed E-state index contributed by atoms with van der Waals surface area (Å²) < 4.78 is 11.2. The molecule has 0 saturated heterocycles. The molecule has 0 N–H and O–H groups in total. The topological polar surface area (TPSA) is 61.7 Å². The number of aromatic nitrogens is 5. The molecule has 0 radical (unpaired) electrons. The van der Waals surface area contributed by atoms with Gasteiger partial charge in [-0.2, -0.15) is 0 Å². The lowest BCUT2D eigenvalue weighted by Gasteiger charge is -2.17. The van der Waals surface area contributed by atoms with Gasteiger partial charge in [-0.05, 0) is 54.1 Å². The summed E-state index contributed by atoms with van der Waals surface area (Å²) in [5, 5.41) is 6.95. The zero-order valence-electron chi connectivity index (χ0n) is 31.2. The maximum Gasteiger partial charge on any atom is 0.163 e. The van der Waals surface area contributed by atoms with Crippen LogP contribution in [-0.4, -0.2) is 24.1 Å². The van der Waals surface area contributed by atoms with Gasteiger partial charge < -0.3 is 13.6 Å². The molecule has 4 aromatic heterocycles. The number of para-hydroxylation sites is 4. The van der Waals surface area contributed by atoms with Crippen LogP contribution in [0, 0.1) is 0 Å². The number of benzene rings is 8. The number of hydrogen-bond acceptors (Lipinski definition) is 4. The van der Waals surface area contributed by atoms with Gasteiger partial charge in [0.05, 0.1) is 27.8 Å². The van der Waals surface area contributed by atoms with Gasteiger partial charge in [-0.3, -0.25) is 0 Å². The summed E-state index contributed by atoms with van der Waals surface area (Å²) in [6.07, 6.45) is 0.493. The van der Waals surface area contributed by atoms with Crippen molar-refractivity contribution < 1.29 is 4.42 Å². The first-order valence-electron chi connectivity index (χ1n) is 19.6. The monoisotopic (exact) mass is 743 g/mol. The van der Waals surface area contributed by atoms with Crippen LogP contribution in [0.4, 0.5) is 0 Å². The molecule has 0 atom stereocenters. The Morgan fingerprint density at radius 1 is 0.379 bits per heavy atom. The molecule has 0 aliphatic heterocycles. The van der Waals surface area contributed by atoms with Gasteiger partial charge in [-0.1, -0.05) is 140 Å². The van der Waals surface area contributed by atoms with E-state index in [1.54, 1.807) is 0 Å². The molecule has 12 aromatic rings. The molecule has 0 amide bonds. The maximum absolute atomic E-state index is 6.39. The van der Waals surface area contributed by atoms with E-state index in [2.05, 4.69) is 149 Å². The van der Waals surface area contributed by atoms with Gasteiger partial charge in [0.25, 0.3) is 0 Å². The summed E-state index contributed by atoms with van der Waals surface area (Å²) in [6, 6.07) is 66.0. The number of furan rings is 1. The largest absolute Gasteiger partial charge is 0.456 e. The van der Waals surface area contributed by atoms with Crippen molar-refractivity contribution in [1.29, 1.82) is 0 Å². The highest BCUT2D eigenvalue weighted by Gasteiger charge is 2.21. The van der Waals surface area contributed by atoms with E-state index in [1.165, 1.54) is 16.2 Å². The Bertz CT molecular complexity index is 3430. The normalized spacial score (nSPS) is 11.9. The SMILES string of the molecule is c1ccc(-c2nc(Cc3ccc(-n4c5ccccc5c5cc6oc7ccccc7c6cc54)cc3-n3c4ccccc4c4ccccc43)nc(-c3ccccc3)n2)cc1. The Morgan fingerprint density at radius 3 is 1.55 bits per heavy atom. The third-order valence-corrected chi connectivity index (χ3v) is 11.4. The molecule has 0 aliphatic rings. The van der Waals surface area contributed by atoms with Gasteiger partial charge in [0.1, 0.15) is 17.0 Å². The molecule has 8 aromatic carbocycles. The minimum absolute atomic E-state index is 0.493. The molecule has 0 aliphatic carbocycles. The Morgan fingerprint density at radius 2 is 0.914 bits per heavy atom. The Labute approximate surface area is 332 Å². The van der Waals surface area contributed by atoms with Crippen molar-refractivity contribution in [3.63, 3.8) is 0 Å². The molecule has 0 bridgehead atoms. The second-order valence-corrected chi connectivity index (χ2v) is 14.8. The van der Waals surface area contributed by atoms with E-state index in [4.69, 9.17) is 19.4 Å². The van der Waals surface area contributed by atoms with E-state index < -0.39 is 0 Å². The average Bonchev–Trinajstić information content (AvgIpc) is 3.93. The van der Waals surface area contributed by atoms with Crippen LogP contribution in [0.3, 0.4) is 0 Å². The highest BCUT2D eigenvalue weighted by Crippen LogP contribution is 2.40. The molecular formula is C52H33N5O. The van der Waals surface area contributed by atoms with Crippen LogP contribution in [-0.2, 0) is 6.42 Å². The molecule has 0 saturated carbocycles. The minimum Gasteiger partial charge on any atom is -0.456 e. The van der Waals surface area contributed by atoms with E-state index >= 15 is 0 Å². The maximum atomic E-state index is 6.39. The fraction of sp³-hybridized carbons (Fsp3) is 0.0192. The quantitative estimate of drug-likeness (QED) is 0.170. The van der Waals surface area contributed by atoms with Crippen LogP contribution in [0.15, 0.2) is 192 Å². The Balaban J connectivity index is 1.12. The van der Waals surface area contributed by atoms with Gasteiger partial charge in [0.2, 0.25) is 0 Å². The number of hydrogen-bond donors (Lipinski definition) is 0. The van der Waals surface area contributed by atoms with Crippen LogP contribution >= 0.6 is 0 Å². The standard InChI is InChI=1S/C52H33N5O/c1-3-15-33(16-4-1)51-53-50(54-52(55-51)34-17-5-2-6-18-34)29-35-27-28-36(30-46(35)57-44-24-12-7-19-37(44)38-20-8-13-25-45(38)57)56-43-23-11-9-21-39(43)41-32-49-42(31-47(41)56)40-22-10-14-26-48(40)58-49/h1-28,30-32H,29H2. The second-order valence-electron chi connectivity index (χ2n) is 14.8. The van der Waals surface area contributed by atoms with Crippen LogP contribution < -0.4 is 0 Å². The summed E-state index contributed by atoms with van der Waals surface area (Å²) in [5.74, 6) is 2.01. The average molecular weight is 744 g/mol. The van der Waals surface area contributed by atoms with Crippen LogP contribution in [0.25, 0.3) is 99.7 Å². The molecule has 0 fully saturated rings. The number of nitrogens with zero attached hydrogens (tertiary/aromatic N) is 5. The molecule has 6 heteroatoms. The van der Waals surface area contributed by atoms with Crippen molar-refractivity contribution in [3.8, 4) is 34.2 Å². The van der Waals surface area contributed by atoms with Crippen molar-refractivity contribution in [2.24, 2.45) is 0 Å². The van der Waals surface area contributed by atoms with Gasteiger partial charge in [0, 0.05) is 55.6 Å². The summed E-state index contributed by atoms with van der Waals surface area (Å²) in [4.78, 5) is 15.2. The highest BCUT2D eigenvalue weighted by atomic mass is 16.3. The molecule has 12 rings (SSSR count). The fourth-order valence-electron chi connectivity index (χ4n) is 8.80. The predicted molar refractivity (Wildman–Crippen MR) is 236 cm³/mol. The molecular weight excluding hydrogens is 711 g/mol. The van der Waals surface area contributed by atoms with Crippen molar-refractivity contribution in [2.75, 3.05) is 0 Å². The van der Waals surface area contributed by atoms with Crippen molar-refractivity contribution >= 4 is 65.6 Å². The van der Waals surface area contributed by atoms with Crippen LogP contribution in [0.5, 0.6) is 0 Å². The van der Waals surface area contributed by atoms with Gasteiger partial charge in [-0.15, -0.1) is 0 Å². The lowest BCUT2D eigenvalue weighted by molar-refractivity contribution is 0.669. The minimum atomic E-state index is 0.493. The van der Waals surface area contributed by atoms with Crippen LogP contribution in [0.1, 0.15) is 11.4 Å². The lowest BCUT2D eigenvalue weighted by atomic mass is 10.1. The smallest absolute Gasteiger partial charge is 0.163 e. The second kappa shape index (κ2) is 12.9. The van der Waals surface area contributed by atoms with Crippen molar-refractivity contribution in [1.82, 2.24) is 24.1 Å².